The van der Waals surface area contributed by atoms with E-state index in [2.05, 4.69) is 37.8 Å². The van der Waals surface area contributed by atoms with E-state index in [1.165, 1.54) is 18.1 Å². The van der Waals surface area contributed by atoms with Crippen molar-refractivity contribution >= 4 is 56.5 Å². The van der Waals surface area contributed by atoms with Gasteiger partial charge in [0.05, 0.1) is 16.8 Å². The average molecular weight is 413 g/mol. The summed E-state index contributed by atoms with van der Waals surface area (Å²) < 4.78 is 0. The fraction of sp³-hybridized carbons (Fsp3) is 0.0526. The van der Waals surface area contributed by atoms with Gasteiger partial charge < -0.3 is 5.32 Å². The Morgan fingerprint density at radius 1 is 1.11 bits per heavy atom. The molecule has 1 N–H and O–H groups in total. The van der Waals surface area contributed by atoms with Crippen molar-refractivity contribution in [1.82, 2.24) is 15.0 Å². The Bertz CT molecular complexity index is 1100. The standard InChI is InChI=1S/C19H13ClN4OS2/c20-17-14(7-4-8-21-17)24-15(25)10-27-19-16-13(12-5-2-1-3-6-12)9-26-18(16)22-11-23-19/h1-9,11H,10H2,(H,24,25). The van der Waals surface area contributed by atoms with Crippen LogP contribution in [-0.2, 0) is 4.79 Å². The molecule has 3 heterocycles. The molecule has 4 rings (SSSR count). The van der Waals surface area contributed by atoms with Crippen molar-refractivity contribution < 1.29 is 4.79 Å². The number of anilines is 1. The molecule has 1 amide bonds. The molecule has 8 heteroatoms. The molecule has 4 aromatic rings. The highest BCUT2D eigenvalue weighted by Gasteiger charge is 2.15. The number of amides is 1. The smallest absolute Gasteiger partial charge is 0.234 e. The molecule has 0 spiro atoms. The number of benzene rings is 1. The molecule has 0 fully saturated rings. The maximum Gasteiger partial charge on any atom is 0.234 e. The highest BCUT2D eigenvalue weighted by molar-refractivity contribution is 8.00. The minimum absolute atomic E-state index is 0.168. The summed E-state index contributed by atoms with van der Waals surface area (Å²) in [7, 11) is 0. The summed E-state index contributed by atoms with van der Waals surface area (Å²) in [4.78, 5) is 25.9. The number of fused-ring (bicyclic) bond motifs is 1. The monoisotopic (exact) mass is 412 g/mol. The van der Waals surface area contributed by atoms with Gasteiger partial charge in [0.15, 0.2) is 5.15 Å². The first-order chi connectivity index (χ1) is 13.2. The quantitative estimate of drug-likeness (QED) is 0.279. The van der Waals surface area contributed by atoms with E-state index in [1.54, 1.807) is 29.7 Å². The third kappa shape index (κ3) is 3.95. The predicted octanol–water partition coefficient (Wildman–Crippen LogP) is 5.14. The van der Waals surface area contributed by atoms with Crippen LogP contribution in [0.2, 0.25) is 5.15 Å². The van der Waals surface area contributed by atoms with Crippen LogP contribution in [-0.4, -0.2) is 26.6 Å². The van der Waals surface area contributed by atoms with Gasteiger partial charge in [-0.05, 0) is 17.7 Å². The zero-order chi connectivity index (χ0) is 18.6. The second kappa shape index (κ2) is 8.04. The van der Waals surface area contributed by atoms with Crippen molar-refractivity contribution in [3.05, 3.63) is 65.5 Å². The number of nitrogens with one attached hydrogen (secondary N) is 1. The van der Waals surface area contributed by atoms with Gasteiger partial charge in [-0.15, -0.1) is 11.3 Å². The first kappa shape index (κ1) is 17.9. The molecule has 0 saturated heterocycles. The Morgan fingerprint density at radius 2 is 1.96 bits per heavy atom. The van der Waals surface area contributed by atoms with Crippen LogP contribution in [0.3, 0.4) is 0 Å². The number of rotatable bonds is 5. The fourth-order valence-corrected chi connectivity index (χ4v) is 4.55. The van der Waals surface area contributed by atoms with Crippen LogP contribution < -0.4 is 5.32 Å². The Labute approximate surface area is 168 Å². The maximum atomic E-state index is 12.3. The van der Waals surface area contributed by atoms with E-state index in [1.807, 2.05) is 18.2 Å². The number of nitrogens with zero attached hydrogens (tertiary/aromatic N) is 3. The van der Waals surface area contributed by atoms with Crippen molar-refractivity contribution in [2.75, 3.05) is 11.1 Å². The lowest BCUT2D eigenvalue weighted by Crippen LogP contribution is -2.14. The number of thioether (sulfide) groups is 1. The van der Waals surface area contributed by atoms with Crippen LogP contribution >= 0.6 is 34.7 Å². The van der Waals surface area contributed by atoms with Gasteiger partial charge in [0.2, 0.25) is 5.91 Å². The molecule has 0 bridgehead atoms. The summed E-state index contributed by atoms with van der Waals surface area (Å²) in [5.74, 6) is 0.0414. The summed E-state index contributed by atoms with van der Waals surface area (Å²) in [5, 5.41) is 6.88. The second-order valence-corrected chi connectivity index (χ2v) is 7.73. The van der Waals surface area contributed by atoms with Gasteiger partial charge in [-0.25, -0.2) is 15.0 Å². The van der Waals surface area contributed by atoms with Crippen LogP contribution in [0.25, 0.3) is 21.3 Å². The van der Waals surface area contributed by atoms with Gasteiger partial charge in [-0.3, -0.25) is 4.79 Å². The number of carbonyl (C=O) groups is 1. The van der Waals surface area contributed by atoms with Gasteiger partial charge in [0.1, 0.15) is 16.2 Å². The van der Waals surface area contributed by atoms with Gasteiger partial charge in [-0.2, -0.15) is 0 Å². The summed E-state index contributed by atoms with van der Waals surface area (Å²) in [5.41, 5.74) is 2.68. The summed E-state index contributed by atoms with van der Waals surface area (Å²) >= 11 is 8.93. The van der Waals surface area contributed by atoms with Crippen LogP contribution in [0.5, 0.6) is 0 Å². The summed E-state index contributed by atoms with van der Waals surface area (Å²) in [6.07, 6.45) is 3.11. The van der Waals surface area contributed by atoms with E-state index < -0.39 is 0 Å². The first-order valence-corrected chi connectivity index (χ1v) is 10.3. The Balaban J connectivity index is 1.56. The lowest BCUT2D eigenvalue weighted by molar-refractivity contribution is -0.113. The van der Waals surface area contributed by atoms with Crippen molar-refractivity contribution in [2.45, 2.75) is 5.03 Å². The van der Waals surface area contributed by atoms with E-state index in [-0.39, 0.29) is 16.8 Å². The van der Waals surface area contributed by atoms with Crippen molar-refractivity contribution in [2.24, 2.45) is 0 Å². The van der Waals surface area contributed by atoms with Crippen LogP contribution in [0.15, 0.2) is 65.4 Å². The molecule has 134 valence electrons. The van der Waals surface area contributed by atoms with E-state index >= 15 is 0 Å². The van der Waals surface area contributed by atoms with Gasteiger partial charge in [0, 0.05) is 17.1 Å². The van der Waals surface area contributed by atoms with E-state index in [0.29, 0.717) is 5.69 Å². The number of pyridine rings is 1. The van der Waals surface area contributed by atoms with E-state index in [0.717, 1.165) is 26.4 Å². The van der Waals surface area contributed by atoms with Gasteiger partial charge >= 0.3 is 0 Å². The normalized spacial score (nSPS) is 10.9. The van der Waals surface area contributed by atoms with Gasteiger partial charge in [-0.1, -0.05) is 53.7 Å². The molecule has 0 unspecified atom stereocenters. The minimum atomic E-state index is -0.168. The third-order valence-electron chi connectivity index (χ3n) is 3.79. The molecule has 0 aliphatic heterocycles. The number of hydrogen-bond donors (Lipinski definition) is 1. The molecule has 0 aliphatic rings. The van der Waals surface area contributed by atoms with Crippen molar-refractivity contribution in [3.8, 4) is 11.1 Å². The van der Waals surface area contributed by atoms with Crippen LogP contribution in [0.4, 0.5) is 5.69 Å². The molecule has 0 atom stereocenters. The summed E-state index contributed by atoms with van der Waals surface area (Å²) in [6, 6.07) is 13.5. The number of thiophene rings is 1. The first-order valence-electron chi connectivity index (χ1n) is 8.03. The van der Waals surface area contributed by atoms with Crippen molar-refractivity contribution in [1.29, 1.82) is 0 Å². The fourth-order valence-electron chi connectivity index (χ4n) is 2.59. The Kier molecular flexibility index (Phi) is 5.33. The average Bonchev–Trinajstić information content (AvgIpc) is 3.14. The molecule has 5 nitrogen and oxygen atoms in total. The SMILES string of the molecule is O=C(CSc1ncnc2scc(-c3ccccc3)c12)Nc1cccnc1Cl. The van der Waals surface area contributed by atoms with Crippen molar-refractivity contribution in [3.63, 3.8) is 0 Å². The number of aromatic nitrogens is 3. The molecular weight excluding hydrogens is 400 g/mol. The minimum Gasteiger partial charge on any atom is -0.323 e. The molecular formula is C19H13ClN4OS2. The highest BCUT2D eigenvalue weighted by atomic mass is 35.5. The molecule has 0 radical (unpaired) electrons. The third-order valence-corrected chi connectivity index (χ3v) is 5.97. The topological polar surface area (TPSA) is 67.8 Å². The largest absolute Gasteiger partial charge is 0.323 e. The zero-order valence-electron chi connectivity index (χ0n) is 13.9. The van der Waals surface area contributed by atoms with Gasteiger partial charge in [0.25, 0.3) is 0 Å². The second-order valence-electron chi connectivity index (χ2n) is 5.55. The van der Waals surface area contributed by atoms with Crippen LogP contribution in [0, 0.1) is 0 Å². The maximum absolute atomic E-state index is 12.3. The lowest BCUT2D eigenvalue weighted by Gasteiger charge is -2.07. The molecule has 3 aromatic heterocycles. The molecule has 0 saturated carbocycles. The van der Waals surface area contributed by atoms with E-state index in [4.69, 9.17) is 11.6 Å². The van der Waals surface area contributed by atoms with Crippen LogP contribution in [0.1, 0.15) is 0 Å². The zero-order valence-corrected chi connectivity index (χ0v) is 16.3. The predicted molar refractivity (Wildman–Crippen MR) is 111 cm³/mol. The van der Waals surface area contributed by atoms with E-state index in [9.17, 15) is 4.79 Å². The Hall–Kier alpha value is -2.48. The Morgan fingerprint density at radius 3 is 2.78 bits per heavy atom. The number of carbonyl (C=O) groups excluding carboxylic acids is 1. The number of halogens is 1. The molecule has 0 aliphatic carbocycles. The lowest BCUT2D eigenvalue weighted by atomic mass is 10.1. The highest BCUT2D eigenvalue weighted by Crippen LogP contribution is 2.37. The molecule has 27 heavy (non-hydrogen) atoms. The summed E-state index contributed by atoms with van der Waals surface area (Å²) in [6.45, 7) is 0. The molecule has 1 aromatic carbocycles. The number of hydrogen-bond acceptors (Lipinski definition) is 6.